The highest BCUT2D eigenvalue weighted by molar-refractivity contribution is 8.13. The number of aliphatic imine (C=N–C) groups is 1. The second kappa shape index (κ2) is 7.75. The van der Waals surface area contributed by atoms with Crippen molar-refractivity contribution < 1.29 is 0 Å². The molecule has 0 spiro atoms. The summed E-state index contributed by atoms with van der Waals surface area (Å²) in [6.45, 7) is 16.3. The van der Waals surface area contributed by atoms with E-state index in [9.17, 15) is 0 Å². The summed E-state index contributed by atoms with van der Waals surface area (Å²) < 4.78 is 0. The lowest BCUT2D eigenvalue weighted by atomic mass is 10.0. The maximum absolute atomic E-state index is 4.74. The lowest BCUT2D eigenvalue weighted by Gasteiger charge is -2.16. The molecule has 0 saturated heterocycles. The minimum absolute atomic E-state index is 0.166. The van der Waals surface area contributed by atoms with E-state index in [0.29, 0.717) is 11.8 Å². The van der Waals surface area contributed by atoms with Gasteiger partial charge in [0.2, 0.25) is 0 Å². The number of nitrogens with zero attached hydrogens (tertiary/aromatic N) is 1. The van der Waals surface area contributed by atoms with E-state index in [2.05, 4.69) is 40.9 Å². The summed E-state index contributed by atoms with van der Waals surface area (Å²) in [5.41, 5.74) is 0. The van der Waals surface area contributed by atoms with Gasteiger partial charge in [0.25, 0.3) is 0 Å². The van der Waals surface area contributed by atoms with Crippen LogP contribution in [0.3, 0.4) is 0 Å². The molecule has 2 atom stereocenters. The molecule has 1 nitrogen and oxygen atoms in total. The highest BCUT2D eigenvalue weighted by atomic mass is 32.2. The quantitative estimate of drug-likeness (QED) is 0.375. The molecule has 0 aromatic heterocycles. The van der Waals surface area contributed by atoms with Crippen LogP contribution in [0.2, 0.25) is 0 Å². The molecule has 0 bridgehead atoms. The van der Waals surface area contributed by atoms with Gasteiger partial charge in [-0.15, -0.1) is 24.9 Å². The molecule has 0 N–H and O–H groups in total. The van der Waals surface area contributed by atoms with Crippen LogP contribution in [0.4, 0.5) is 0 Å². The van der Waals surface area contributed by atoms with Gasteiger partial charge in [-0.1, -0.05) is 39.8 Å². The second-order valence-electron chi connectivity index (χ2n) is 3.88. The van der Waals surface area contributed by atoms with E-state index < -0.39 is 0 Å². The first kappa shape index (κ1) is 14.5. The Kier molecular flexibility index (Phi) is 7.49. The molecule has 0 aliphatic carbocycles. The first-order valence-corrected chi connectivity index (χ1v) is 6.50. The van der Waals surface area contributed by atoms with Crippen molar-refractivity contribution in [3.8, 4) is 0 Å². The molecule has 0 aromatic carbocycles. The summed E-state index contributed by atoms with van der Waals surface area (Å²) in [4.78, 5) is 4.74. The van der Waals surface area contributed by atoms with Crippen LogP contribution in [-0.4, -0.2) is 16.8 Å². The third-order valence-corrected chi connectivity index (χ3v) is 3.38. The predicted octanol–water partition coefficient (Wildman–Crippen LogP) is 4.17. The first-order valence-electron chi connectivity index (χ1n) is 5.52. The maximum atomic E-state index is 4.74. The predicted molar refractivity (Wildman–Crippen MR) is 73.8 cm³/mol. The zero-order valence-electron chi connectivity index (χ0n) is 10.4. The zero-order chi connectivity index (χ0) is 11.8. The first-order chi connectivity index (χ1) is 7.06. The highest BCUT2D eigenvalue weighted by Crippen LogP contribution is 2.17. The van der Waals surface area contributed by atoms with Crippen LogP contribution < -0.4 is 0 Å². The molecule has 0 aliphatic heterocycles. The fourth-order valence-electron chi connectivity index (χ4n) is 1.17. The number of rotatable bonds is 6. The Labute approximate surface area is 98.8 Å². The number of hydrogen-bond acceptors (Lipinski definition) is 2. The van der Waals surface area contributed by atoms with Gasteiger partial charge in [0, 0.05) is 5.92 Å². The van der Waals surface area contributed by atoms with Crippen molar-refractivity contribution in [3.63, 3.8) is 0 Å². The second-order valence-corrected chi connectivity index (χ2v) is 5.16. The number of thioether (sulfide) groups is 1. The fourth-order valence-corrected chi connectivity index (χ4v) is 2.00. The van der Waals surface area contributed by atoms with Crippen molar-refractivity contribution in [3.05, 3.63) is 25.3 Å². The molecule has 2 heteroatoms. The van der Waals surface area contributed by atoms with Crippen molar-refractivity contribution in [2.75, 3.05) is 5.75 Å². The molecule has 0 aliphatic rings. The van der Waals surface area contributed by atoms with Gasteiger partial charge in [-0.3, -0.25) is 4.99 Å². The monoisotopic (exact) mass is 225 g/mol. The van der Waals surface area contributed by atoms with Gasteiger partial charge in [0.05, 0.1) is 11.1 Å². The number of hydrogen-bond donors (Lipinski definition) is 0. The largest absolute Gasteiger partial charge is 0.275 e. The molecule has 0 radical (unpaired) electrons. The average Bonchev–Trinajstić information content (AvgIpc) is 2.22. The van der Waals surface area contributed by atoms with E-state index >= 15 is 0 Å². The van der Waals surface area contributed by atoms with Gasteiger partial charge in [-0.05, 0) is 11.7 Å². The van der Waals surface area contributed by atoms with Gasteiger partial charge in [-0.25, -0.2) is 0 Å². The summed E-state index contributed by atoms with van der Waals surface area (Å²) in [6.07, 6.45) is 3.84. The smallest absolute Gasteiger partial charge is 0.0746 e. The SMILES string of the molecule is C=CC(C)C(C=C)N=C(SCC)C(C)C. The maximum Gasteiger partial charge on any atom is 0.0746 e. The normalized spacial score (nSPS) is 16.2. The summed E-state index contributed by atoms with van der Waals surface area (Å²) in [5, 5.41) is 1.22. The van der Waals surface area contributed by atoms with E-state index in [4.69, 9.17) is 4.99 Å². The van der Waals surface area contributed by atoms with Crippen molar-refractivity contribution in [2.24, 2.45) is 16.8 Å². The average molecular weight is 225 g/mol. The third kappa shape index (κ3) is 5.22. The molecular formula is C13H23NS. The Morgan fingerprint density at radius 1 is 1.27 bits per heavy atom. The van der Waals surface area contributed by atoms with Crippen LogP contribution in [0.15, 0.2) is 30.3 Å². The standard InChI is InChI=1S/C13H23NS/c1-7-11(6)12(8-2)14-13(10(4)5)15-9-3/h7-8,10-12H,1-2,9H2,3-6H3. The molecule has 2 unspecified atom stereocenters. The van der Waals surface area contributed by atoms with E-state index in [0.717, 1.165) is 5.75 Å². The molecule has 0 aromatic rings. The summed E-state index contributed by atoms with van der Waals surface area (Å²) in [7, 11) is 0. The van der Waals surface area contributed by atoms with Crippen molar-refractivity contribution in [2.45, 2.75) is 33.7 Å². The Balaban J connectivity index is 4.74. The Morgan fingerprint density at radius 2 is 1.87 bits per heavy atom. The van der Waals surface area contributed by atoms with Crippen molar-refractivity contribution in [1.29, 1.82) is 0 Å². The van der Waals surface area contributed by atoms with Crippen LogP contribution >= 0.6 is 11.8 Å². The third-order valence-electron chi connectivity index (χ3n) is 2.21. The van der Waals surface area contributed by atoms with Crippen LogP contribution in [0, 0.1) is 11.8 Å². The zero-order valence-corrected chi connectivity index (χ0v) is 11.2. The molecule has 0 rings (SSSR count). The Hall–Kier alpha value is -0.500. The van der Waals surface area contributed by atoms with Gasteiger partial charge >= 0.3 is 0 Å². The van der Waals surface area contributed by atoms with Crippen molar-refractivity contribution in [1.82, 2.24) is 0 Å². The molecule has 0 saturated carbocycles. The van der Waals surface area contributed by atoms with Gasteiger partial charge in [-0.2, -0.15) is 0 Å². The molecular weight excluding hydrogens is 202 g/mol. The molecule has 15 heavy (non-hydrogen) atoms. The summed E-state index contributed by atoms with van der Waals surface area (Å²) >= 11 is 1.82. The minimum atomic E-state index is 0.166. The van der Waals surface area contributed by atoms with Crippen molar-refractivity contribution >= 4 is 16.8 Å². The van der Waals surface area contributed by atoms with Crippen LogP contribution in [0.1, 0.15) is 27.7 Å². The molecule has 0 fully saturated rings. The van der Waals surface area contributed by atoms with Gasteiger partial charge in [0.15, 0.2) is 0 Å². The molecule has 0 heterocycles. The topological polar surface area (TPSA) is 12.4 Å². The van der Waals surface area contributed by atoms with Crippen LogP contribution in [0.25, 0.3) is 0 Å². The summed E-state index contributed by atoms with van der Waals surface area (Å²) in [5.74, 6) is 1.92. The molecule has 0 amide bonds. The fraction of sp³-hybridized carbons (Fsp3) is 0.615. The summed E-state index contributed by atoms with van der Waals surface area (Å²) in [6, 6.07) is 0.166. The van der Waals surface area contributed by atoms with Crippen LogP contribution in [0.5, 0.6) is 0 Å². The lowest BCUT2D eigenvalue weighted by molar-refractivity contribution is 0.632. The van der Waals surface area contributed by atoms with E-state index in [-0.39, 0.29) is 6.04 Å². The van der Waals surface area contributed by atoms with E-state index in [1.165, 1.54) is 5.04 Å². The van der Waals surface area contributed by atoms with E-state index in [1.54, 1.807) is 0 Å². The van der Waals surface area contributed by atoms with Gasteiger partial charge in [0.1, 0.15) is 0 Å². The van der Waals surface area contributed by atoms with Gasteiger partial charge < -0.3 is 0 Å². The van der Waals surface area contributed by atoms with Crippen LogP contribution in [-0.2, 0) is 0 Å². The Bertz CT molecular complexity index is 231. The Morgan fingerprint density at radius 3 is 2.20 bits per heavy atom. The minimum Gasteiger partial charge on any atom is -0.275 e. The lowest BCUT2D eigenvalue weighted by Crippen LogP contribution is -2.15. The van der Waals surface area contributed by atoms with E-state index in [1.807, 2.05) is 23.9 Å². The highest BCUT2D eigenvalue weighted by Gasteiger charge is 2.12. The molecule has 86 valence electrons.